The van der Waals surface area contributed by atoms with Crippen molar-refractivity contribution >= 4 is 0 Å². The van der Waals surface area contributed by atoms with Gasteiger partial charge in [-0.25, -0.2) is 0 Å². The van der Waals surface area contributed by atoms with E-state index in [1.54, 1.807) is 0 Å². The van der Waals surface area contributed by atoms with Gasteiger partial charge in [-0.05, 0) is 48.3 Å². The SMILES string of the molecule is C1=C[C@@H]2[C@H](C=C1)[C@@H]1C=C[C@H]2[C@H]2CCC[C@@H]12. The highest BCUT2D eigenvalue weighted by Crippen LogP contribution is 2.58. The highest BCUT2D eigenvalue weighted by atomic mass is 14.5. The molecule has 5 rings (SSSR count). The lowest BCUT2D eigenvalue weighted by Crippen LogP contribution is -2.45. The van der Waals surface area contributed by atoms with Crippen LogP contribution >= 0.6 is 0 Å². The Hall–Kier alpha value is -0.780. The summed E-state index contributed by atoms with van der Waals surface area (Å²) < 4.78 is 0. The quantitative estimate of drug-likeness (QED) is 0.522. The van der Waals surface area contributed by atoms with Gasteiger partial charge in [0.05, 0.1) is 0 Å². The lowest BCUT2D eigenvalue weighted by Gasteiger charge is -2.51. The molecule has 2 fully saturated rings. The highest BCUT2D eigenvalue weighted by Gasteiger charge is 2.51. The molecule has 5 aliphatic rings. The first-order valence-corrected chi connectivity index (χ1v) is 6.48. The zero-order chi connectivity index (χ0) is 9.83. The fraction of sp³-hybridized carbons (Fsp3) is 0.600. The largest absolute Gasteiger partial charge is 0.0842 e. The first-order chi connectivity index (χ1) is 7.45. The van der Waals surface area contributed by atoms with E-state index in [2.05, 4.69) is 36.5 Å². The summed E-state index contributed by atoms with van der Waals surface area (Å²) in [7, 11) is 0. The van der Waals surface area contributed by atoms with Crippen molar-refractivity contribution in [2.24, 2.45) is 35.5 Å². The summed E-state index contributed by atoms with van der Waals surface area (Å²) in [6, 6.07) is 0. The third-order valence-electron chi connectivity index (χ3n) is 5.28. The third kappa shape index (κ3) is 0.979. The minimum absolute atomic E-state index is 0.837. The van der Waals surface area contributed by atoms with E-state index >= 15 is 0 Å². The maximum Gasteiger partial charge on any atom is -0.00958 e. The normalized spacial score (nSPS) is 54.4. The van der Waals surface area contributed by atoms with E-state index in [1.807, 2.05) is 0 Å². The Kier molecular flexibility index (Phi) is 1.60. The fourth-order valence-electron chi connectivity index (χ4n) is 4.75. The van der Waals surface area contributed by atoms with Crippen molar-refractivity contribution in [1.82, 2.24) is 0 Å². The van der Waals surface area contributed by atoms with Gasteiger partial charge < -0.3 is 0 Å². The summed E-state index contributed by atoms with van der Waals surface area (Å²) in [5.41, 5.74) is 0. The molecule has 2 saturated carbocycles. The molecule has 78 valence electrons. The minimum Gasteiger partial charge on any atom is -0.0842 e. The molecule has 0 radical (unpaired) electrons. The Labute approximate surface area is 91.8 Å². The van der Waals surface area contributed by atoms with Gasteiger partial charge in [-0.15, -0.1) is 0 Å². The van der Waals surface area contributed by atoms with Gasteiger partial charge in [0.15, 0.2) is 0 Å². The van der Waals surface area contributed by atoms with Crippen LogP contribution in [0.2, 0.25) is 0 Å². The molecular weight excluding hydrogens is 180 g/mol. The van der Waals surface area contributed by atoms with Crippen molar-refractivity contribution in [1.29, 1.82) is 0 Å². The summed E-state index contributed by atoms with van der Waals surface area (Å²) in [5.74, 6) is 5.46. The Balaban J connectivity index is 1.80. The predicted molar refractivity (Wildman–Crippen MR) is 62.2 cm³/mol. The molecule has 0 saturated heterocycles. The van der Waals surface area contributed by atoms with Gasteiger partial charge >= 0.3 is 0 Å². The van der Waals surface area contributed by atoms with Crippen LogP contribution in [-0.2, 0) is 0 Å². The van der Waals surface area contributed by atoms with E-state index in [1.165, 1.54) is 19.3 Å². The Morgan fingerprint density at radius 3 is 1.67 bits per heavy atom. The molecule has 0 amide bonds. The van der Waals surface area contributed by atoms with Crippen LogP contribution in [0, 0.1) is 35.5 Å². The van der Waals surface area contributed by atoms with Crippen molar-refractivity contribution in [3.63, 3.8) is 0 Å². The van der Waals surface area contributed by atoms with Gasteiger partial charge in [-0.1, -0.05) is 42.9 Å². The number of allylic oxidation sites excluding steroid dienone is 6. The van der Waals surface area contributed by atoms with Crippen molar-refractivity contribution in [2.45, 2.75) is 19.3 Å². The molecular formula is C15H18. The van der Waals surface area contributed by atoms with Gasteiger partial charge in [0.2, 0.25) is 0 Å². The Bertz CT molecular complexity index is 326. The van der Waals surface area contributed by atoms with Crippen molar-refractivity contribution in [3.8, 4) is 0 Å². The molecule has 0 heteroatoms. The zero-order valence-corrected chi connectivity index (χ0v) is 9.05. The standard InChI is InChI=1S/C15H18/c1-2-5-11-10(4-1)14-8-9-15(11)13-7-3-6-12(13)14/h1-2,4-5,8-15H,3,6-7H2/t10-,11+,12+,13-,14-,15+. The number of hydrogen-bond acceptors (Lipinski definition) is 0. The molecule has 0 aliphatic heterocycles. The molecule has 0 nitrogen and oxygen atoms in total. The van der Waals surface area contributed by atoms with Crippen LogP contribution in [0.3, 0.4) is 0 Å². The molecule has 0 unspecified atom stereocenters. The van der Waals surface area contributed by atoms with Crippen LogP contribution in [0.1, 0.15) is 19.3 Å². The molecule has 0 heterocycles. The van der Waals surface area contributed by atoms with E-state index in [0.29, 0.717) is 0 Å². The molecule has 0 aromatic carbocycles. The summed E-state index contributed by atoms with van der Waals surface area (Å²) in [4.78, 5) is 0. The van der Waals surface area contributed by atoms with Gasteiger partial charge in [0.25, 0.3) is 0 Å². The smallest absolute Gasteiger partial charge is 0.00958 e. The number of rotatable bonds is 0. The van der Waals surface area contributed by atoms with E-state index in [-0.39, 0.29) is 0 Å². The van der Waals surface area contributed by atoms with Crippen LogP contribution in [-0.4, -0.2) is 0 Å². The molecule has 2 bridgehead atoms. The molecule has 0 aromatic heterocycles. The maximum absolute atomic E-state index is 2.54. The van der Waals surface area contributed by atoms with Crippen molar-refractivity contribution < 1.29 is 0 Å². The monoisotopic (exact) mass is 198 g/mol. The average Bonchev–Trinajstić information content (AvgIpc) is 2.80. The van der Waals surface area contributed by atoms with E-state index < -0.39 is 0 Å². The molecule has 5 aliphatic carbocycles. The van der Waals surface area contributed by atoms with Crippen molar-refractivity contribution in [2.75, 3.05) is 0 Å². The van der Waals surface area contributed by atoms with Crippen molar-refractivity contribution in [3.05, 3.63) is 36.5 Å². The van der Waals surface area contributed by atoms with Gasteiger partial charge in [0.1, 0.15) is 0 Å². The first kappa shape index (κ1) is 8.38. The van der Waals surface area contributed by atoms with Gasteiger partial charge in [-0.2, -0.15) is 0 Å². The lowest BCUT2D eigenvalue weighted by atomic mass is 9.53. The molecule has 0 aromatic rings. The van der Waals surface area contributed by atoms with Crippen LogP contribution in [0.15, 0.2) is 36.5 Å². The summed E-state index contributed by atoms with van der Waals surface area (Å²) in [6.45, 7) is 0. The summed E-state index contributed by atoms with van der Waals surface area (Å²) in [6.07, 6.45) is 19.0. The second-order valence-electron chi connectivity index (χ2n) is 5.72. The van der Waals surface area contributed by atoms with Crippen LogP contribution in [0.25, 0.3) is 0 Å². The van der Waals surface area contributed by atoms with Crippen LogP contribution in [0.4, 0.5) is 0 Å². The Morgan fingerprint density at radius 1 is 0.600 bits per heavy atom. The topological polar surface area (TPSA) is 0 Å². The lowest BCUT2D eigenvalue weighted by molar-refractivity contribution is 0.0710. The number of hydrogen-bond donors (Lipinski definition) is 0. The fourth-order valence-corrected chi connectivity index (χ4v) is 4.75. The summed E-state index contributed by atoms with van der Waals surface area (Å²) in [5, 5.41) is 0. The van der Waals surface area contributed by atoms with Gasteiger partial charge in [0, 0.05) is 0 Å². The predicted octanol–water partition coefficient (Wildman–Crippen LogP) is 3.58. The zero-order valence-electron chi connectivity index (χ0n) is 9.05. The van der Waals surface area contributed by atoms with Gasteiger partial charge in [-0.3, -0.25) is 0 Å². The second-order valence-corrected chi connectivity index (χ2v) is 5.72. The van der Waals surface area contributed by atoms with E-state index in [9.17, 15) is 0 Å². The minimum atomic E-state index is 0.837. The van der Waals surface area contributed by atoms with E-state index in [4.69, 9.17) is 0 Å². The first-order valence-electron chi connectivity index (χ1n) is 6.48. The second kappa shape index (κ2) is 2.87. The van der Waals surface area contributed by atoms with Crippen LogP contribution in [0.5, 0.6) is 0 Å². The molecule has 15 heavy (non-hydrogen) atoms. The Morgan fingerprint density at radius 2 is 1.13 bits per heavy atom. The highest BCUT2D eigenvalue weighted by molar-refractivity contribution is 5.27. The molecule has 0 N–H and O–H groups in total. The maximum atomic E-state index is 2.54. The van der Waals surface area contributed by atoms with Crippen LogP contribution < -0.4 is 0 Å². The summed E-state index contributed by atoms with van der Waals surface area (Å²) >= 11 is 0. The van der Waals surface area contributed by atoms with E-state index in [0.717, 1.165) is 35.5 Å². The molecule has 0 spiro atoms. The third-order valence-corrected chi connectivity index (χ3v) is 5.28. The molecule has 6 atom stereocenters. The average molecular weight is 198 g/mol.